The van der Waals surface area contributed by atoms with E-state index in [9.17, 15) is 14.7 Å². The number of aromatic hydroxyl groups is 1. The van der Waals surface area contributed by atoms with Gasteiger partial charge in [-0.25, -0.2) is 0 Å². The van der Waals surface area contributed by atoms with Crippen LogP contribution in [0.1, 0.15) is 11.1 Å². The SMILES string of the molecule is O=C1S/C(=C\c2c(Cl)cc(Cl)c(O)c2Cl)C(=O)N1Cc1ccc(Cl)c(Cl)c1. The lowest BCUT2D eigenvalue weighted by atomic mass is 10.1. The Labute approximate surface area is 183 Å². The average Bonchev–Trinajstić information content (AvgIpc) is 2.87. The maximum atomic E-state index is 12.6. The minimum Gasteiger partial charge on any atom is -0.505 e. The van der Waals surface area contributed by atoms with Crippen molar-refractivity contribution in [3.05, 3.63) is 65.4 Å². The van der Waals surface area contributed by atoms with Crippen LogP contribution in [0.4, 0.5) is 4.79 Å². The van der Waals surface area contributed by atoms with Gasteiger partial charge >= 0.3 is 0 Å². The van der Waals surface area contributed by atoms with E-state index in [2.05, 4.69) is 0 Å². The molecule has 2 aromatic carbocycles. The summed E-state index contributed by atoms with van der Waals surface area (Å²) in [5.74, 6) is -0.873. The van der Waals surface area contributed by atoms with Gasteiger partial charge in [-0.05, 0) is 41.6 Å². The van der Waals surface area contributed by atoms with Crippen LogP contribution in [0.25, 0.3) is 6.08 Å². The van der Waals surface area contributed by atoms with Gasteiger partial charge in [-0.3, -0.25) is 14.5 Å². The third-order valence-electron chi connectivity index (χ3n) is 3.66. The van der Waals surface area contributed by atoms with E-state index < -0.39 is 11.1 Å². The number of hydrogen-bond acceptors (Lipinski definition) is 4. The van der Waals surface area contributed by atoms with Gasteiger partial charge in [0.2, 0.25) is 0 Å². The Balaban J connectivity index is 1.91. The van der Waals surface area contributed by atoms with E-state index in [4.69, 9.17) is 58.0 Å². The predicted octanol–water partition coefficient (Wildman–Crippen LogP) is 6.90. The molecule has 0 bridgehead atoms. The van der Waals surface area contributed by atoms with Gasteiger partial charge in [0.05, 0.1) is 36.6 Å². The predicted molar refractivity (Wildman–Crippen MR) is 111 cm³/mol. The van der Waals surface area contributed by atoms with Crippen LogP contribution in [-0.4, -0.2) is 21.2 Å². The first-order valence-electron chi connectivity index (χ1n) is 7.24. The van der Waals surface area contributed by atoms with Crippen molar-refractivity contribution in [2.75, 3.05) is 0 Å². The molecule has 0 saturated carbocycles. The Morgan fingerprint density at radius 2 is 1.67 bits per heavy atom. The maximum absolute atomic E-state index is 12.6. The van der Waals surface area contributed by atoms with Gasteiger partial charge in [0.15, 0.2) is 5.75 Å². The van der Waals surface area contributed by atoms with Gasteiger partial charge in [0.25, 0.3) is 11.1 Å². The van der Waals surface area contributed by atoms with Crippen molar-refractivity contribution in [3.63, 3.8) is 0 Å². The average molecular weight is 484 g/mol. The fraction of sp³-hybridized carbons (Fsp3) is 0.0588. The zero-order valence-electron chi connectivity index (χ0n) is 13.1. The summed E-state index contributed by atoms with van der Waals surface area (Å²) in [5.41, 5.74) is 0.841. The topological polar surface area (TPSA) is 57.6 Å². The molecule has 140 valence electrons. The Hall–Kier alpha value is -1.08. The molecule has 2 amide bonds. The molecule has 0 aromatic heterocycles. The fourth-order valence-corrected chi connectivity index (χ4v) is 4.33. The molecule has 0 unspecified atom stereocenters. The number of thioether (sulfide) groups is 1. The number of phenolic OH excluding ortho intramolecular Hbond substituents is 1. The molecule has 3 rings (SSSR count). The van der Waals surface area contributed by atoms with Crippen molar-refractivity contribution in [2.24, 2.45) is 0 Å². The number of benzene rings is 2. The van der Waals surface area contributed by atoms with Crippen molar-refractivity contribution >= 4 is 87.0 Å². The number of rotatable bonds is 3. The van der Waals surface area contributed by atoms with Gasteiger partial charge in [-0.2, -0.15) is 0 Å². The largest absolute Gasteiger partial charge is 0.505 e. The van der Waals surface area contributed by atoms with Gasteiger partial charge < -0.3 is 5.11 Å². The Bertz CT molecular complexity index is 1010. The van der Waals surface area contributed by atoms with Crippen LogP contribution in [0.5, 0.6) is 5.75 Å². The van der Waals surface area contributed by atoms with Crippen LogP contribution < -0.4 is 0 Å². The van der Waals surface area contributed by atoms with E-state index in [1.54, 1.807) is 18.2 Å². The standard InChI is InChI=1S/C17H8Cl5NO3S/c18-9-2-1-7(3-11(9)20)6-23-16(25)13(27-17(23)26)4-8-10(19)5-12(21)15(24)14(8)22/h1-5,24H,6H2/b13-4-. The molecule has 0 aliphatic carbocycles. The number of amides is 2. The zero-order chi connectivity index (χ0) is 19.9. The highest BCUT2D eigenvalue weighted by molar-refractivity contribution is 8.18. The molecule has 1 aliphatic rings. The van der Waals surface area contributed by atoms with Crippen LogP contribution in [0.2, 0.25) is 25.1 Å². The summed E-state index contributed by atoms with van der Waals surface area (Å²) in [6.45, 7) is 0.0340. The normalized spacial score (nSPS) is 15.9. The van der Waals surface area contributed by atoms with Crippen LogP contribution in [0.3, 0.4) is 0 Å². The molecule has 1 aliphatic heterocycles. The minimum absolute atomic E-state index is 0.0186. The number of nitrogens with zero attached hydrogens (tertiary/aromatic N) is 1. The maximum Gasteiger partial charge on any atom is 0.293 e. The lowest BCUT2D eigenvalue weighted by Crippen LogP contribution is -2.27. The molecular formula is C17H8Cl5NO3S. The highest BCUT2D eigenvalue weighted by Gasteiger charge is 2.35. The Morgan fingerprint density at radius 1 is 0.963 bits per heavy atom. The third-order valence-corrected chi connectivity index (χ3v) is 6.28. The van der Waals surface area contributed by atoms with Crippen molar-refractivity contribution in [2.45, 2.75) is 6.54 Å². The first-order valence-corrected chi connectivity index (χ1v) is 9.95. The smallest absolute Gasteiger partial charge is 0.293 e. The molecule has 1 fully saturated rings. The quantitative estimate of drug-likeness (QED) is 0.483. The summed E-state index contributed by atoms with van der Waals surface area (Å²) in [5, 5.41) is 10.1. The molecular weight excluding hydrogens is 476 g/mol. The number of carbonyl (C=O) groups excluding carboxylic acids is 2. The van der Waals surface area contributed by atoms with Gasteiger partial charge in [-0.15, -0.1) is 0 Å². The van der Waals surface area contributed by atoms with Crippen LogP contribution in [0.15, 0.2) is 29.2 Å². The van der Waals surface area contributed by atoms with E-state index in [0.29, 0.717) is 15.6 Å². The summed E-state index contributed by atoms with van der Waals surface area (Å²) < 4.78 is 0. The monoisotopic (exact) mass is 481 g/mol. The second-order valence-electron chi connectivity index (χ2n) is 5.43. The third kappa shape index (κ3) is 4.19. The lowest BCUT2D eigenvalue weighted by molar-refractivity contribution is -0.123. The number of hydrogen-bond donors (Lipinski definition) is 1. The van der Waals surface area contributed by atoms with Crippen molar-refractivity contribution in [3.8, 4) is 5.75 Å². The molecule has 0 atom stereocenters. The van der Waals surface area contributed by atoms with Crippen molar-refractivity contribution in [1.82, 2.24) is 4.90 Å². The van der Waals surface area contributed by atoms with E-state index in [1.807, 2.05) is 0 Å². The molecule has 1 saturated heterocycles. The van der Waals surface area contributed by atoms with Crippen LogP contribution in [0, 0.1) is 0 Å². The van der Waals surface area contributed by atoms with E-state index in [0.717, 1.165) is 16.7 Å². The van der Waals surface area contributed by atoms with Gasteiger partial charge in [-0.1, -0.05) is 64.1 Å². The Kier molecular flexibility index (Phi) is 6.21. The summed E-state index contributed by atoms with van der Waals surface area (Å²) in [6.07, 6.45) is 1.35. The first kappa shape index (κ1) is 20.6. The molecule has 1 N–H and O–H groups in total. The van der Waals surface area contributed by atoms with E-state index in [-0.39, 0.29) is 37.8 Å². The summed E-state index contributed by atoms with van der Waals surface area (Å²) >= 11 is 30.5. The van der Waals surface area contributed by atoms with E-state index >= 15 is 0 Å². The van der Waals surface area contributed by atoms with Gasteiger partial charge in [0.1, 0.15) is 0 Å². The molecule has 1 heterocycles. The summed E-state index contributed by atoms with van der Waals surface area (Å²) in [4.78, 5) is 26.1. The molecule has 0 radical (unpaired) electrons. The summed E-state index contributed by atoms with van der Waals surface area (Å²) in [7, 11) is 0. The number of carbonyl (C=O) groups is 2. The van der Waals surface area contributed by atoms with Crippen molar-refractivity contribution < 1.29 is 14.7 Å². The fourth-order valence-electron chi connectivity index (χ4n) is 2.31. The molecule has 27 heavy (non-hydrogen) atoms. The zero-order valence-corrected chi connectivity index (χ0v) is 17.7. The molecule has 10 heteroatoms. The highest BCUT2D eigenvalue weighted by atomic mass is 35.5. The molecule has 2 aromatic rings. The highest BCUT2D eigenvalue weighted by Crippen LogP contribution is 2.42. The lowest BCUT2D eigenvalue weighted by Gasteiger charge is -2.13. The Morgan fingerprint density at radius 3 is 2.33 bits per heavy atom. The van der Waals surface area contributed by atoms with Crippen molar-refractivity contribution in [1.29, 1.82) is 0 Å². The van der Waals surface area contributed by atoms with Crippen LogP contribution in [-0.2, 0) is 11.3 Å². The molecule has 0 spiro atoms. The second-order valence-corrected chi connectivity index (χ2v) is 8.43. The number of phenols is 1. The molecule has 4 nitrogen and oxygen atoms in total. The number of halogens is 5. The van der Waals surface area contributed by atoms with E-state index in [1.165, 1.54) is 12.1 Å². The summed E-state index contributed by atoms with van der Waals surface area (Å²) in [6, 6.07) is 6.15. The first-order chi connectivity index (χ1) is 12.7. The number of imide groups is 1. The van der Waals surface area contributed by atoms with Crippen LogP contribution >= 0.6 is 69.8 Å². The second kappa shape index (κ2) is 8.11. The van der Waals surface area contributed by atoms with Gasteiger partial charge in [0, 0.05) is 5.56 Å². The minimum atomic E-state index is -0.516.